The molecule has 1 aromatic carbocycles. The maximum atomic E-state index is 13.5. The first-order chi connectivity index (χ1) is 9.00. The van der Waals surface area contributed by atoms with Crippen LogP contribution in [0.2, 0.25) is 0 Å². The van der Waals surface area contributed by atoms with Gasteiger partial charge in [0.15, 0.2) is 0 Å². The molecule has 0 aliphatic rings. The maximum Gasteiger partial charge on any atom is 0.341 e. The van der Waals surface area contributed by atoms with E-state index < -0.39 is 17.3 Å². The number of halogens is 1. The number of hydrogen-bond donors (Lipinski definition) is 1. The van der Waals surface area contributed by atoms with E-state index >= 15 is 0 Å². The van der Waals surface area contributed by atoms with Gasteiger partial charge in [0, 0.05) is 11.8 Å². The summed E-state index contributed by atoms with van der Waals surface area (Å²) in [6.45, 7) is 1.56. The zero-order valence-electron chi connectivity index (χ0n) is 10.3. The molecular weight excluding hydrogens is 249 g/mol. The fraction of sp³-hybridized carbons (Fsp3) is 0.143. The number of benzene rings is 1. The van der Waals surface area contributed by atoms with Gasteiger partial charge in [0.1, 0.15) is 11.4 Å². The highest BCUT2D eigenvalue weighted by atomic mass is 19.1. The average Bonchev–Trinajstić information content (AvgIpc) is 2.35. The van der Waals surface area contributed by atoms with Crippen molar-refractivity contribution < 1.29 is 14.3 Å². The van der Waals surface area contributed by atoms with Gasteiger partial charge >= 0.3 is 5.97 Å². The average molecular weight is 261 g/mol. The van der Waals surface area contributed by atoms with Crippen molar-refractivity contribution in [1.82, 2.24) is 4.57 Å². The summed E-state index contributed by atoms with van der Waals surface area (Å²) in [5, 5.41) is 9.00. The Morgan fingerprint density at radius 2 is 2.00 bits per heavy atom. The van der Waals surface area contributed by atoms with Crippen LogP contribution in [0.15, 0.2) is 41.3 Å². The second kappa shape index (κ2) is 5.06. The Labute approximate surface area is 108 Å². The molecule has 0 saturated heterocycles. The first kappa shape index (κ1) is 13.0. The largest absolute Gasteiger partial charge is 0.477 e. The number of pyridine rings is 1. The fourth-order valence-corrected chi connectivity index (χ4v) is 1.86. The first-order valence-corrected chi connectivity index (χ1v) is 5.67. The van der Waals surface area contributed by atoms with Crippen LogP contribution in [0.5, 0.6) is 0 Å². The number of aromatic nitrogens is 1. The van der Waals surface area contributed by atoms with Gasteiger partial charge in [0.2, 0.25) is 0 Å². The first-order valence-electron chi connectivity index (χ1n) is 5.67. The number of carbonyl (C=O) groups is 1. The predicted molar refractivity (Wildman–Crippen MR) is 67.9 cm³/mol. The molecule has 98 valence electrons. The number of aromatic carboxylic acids is 1. The van der Waals surface area contributed by atoms with Crippen LogP contribution in [0.25, 0.3) is 0 Å². The molecule has 0 saturated carbocycles. The van der Waals surface area contributed by atoms with Crippen molar-refractivity contribution in [3.63, 3.8) is 0 Å². The van der Waals surface area contributed by atoms with Crippen molar-refractivity contribution in [2.24, 2.45) is 0 Å². The smallest absolute Gasteiger partial charge is 0.341 e. The minimum absolute atomic E-state index is 0.00602. The van der Waals surface area contributed by atoms with Crippen molar-refractivity contribution in [1.29, 1.82) is 0 Å². The lowest BCUT2D eigenvalue weighted by atomic mass is 10.1. The topological polar surface area (TPSA) is 59.3 Å². The van der Waals surface area contributed by atoms with E-state index in [2.05, 4.69) is 0 Å². The molecule has 0 aliphatic carbocycles. The summed E-state index contributed by atoms with van der Waals surface area (Å²) >= 11 is 0. The molecular formula is C14H12FNO3. The summed E-state index contributed by atoms with van der Waals surface area (Å²) in [7, 11) is 0. The molecule has 2 rings (SSSR count). The lowest BCUT2D eigenvalue weighted by Gasteiger charge is -2.09. The van der Waals surface area contributed by atoms with Gasteiger partial charge in [-0.1, -0.05) is 18.2 Å². The molecule has 0 atom stereocenters. The van der Waals surface area contributed by atoms with E-state index in [1.807, 2.05) is 0 Å². The monoisotopic (exact) mass is 261 g/mol. The molecule has 0 spiro atoms. The molecule has 0 amide bonds. The van der Waals surface area contributed by atoms with Crippen LogP contribution in [-0.4, -0.2) is 15.6 Å². The van der Waals surface area contributed by atoms with Gasteiger partial charge in [0.05, 0.1) is 6.54 Å². The van der Waals surface area contributed by atoms with Crippen molar-refractivity contribution in [3.05, 3.63) is 69.4 Å². The number of carboxylic acid groups (broad SMARTS) is 1. The standard InChI is InChI=1S/C14H12FNO3/c1-9-6-7-16(13(17)12(9)14(18)19)8-10-4-2-3-5-11(10)15/h2-7H,8H2,1H3,(H,18,19). The number of aryl methyl sites for hydroxylation is 1. The van der Waals surface area contributed by atoms with Crippen LogP contribution in [-0.2, 0) is 6.54 Å². The molecule has 2 aromatic rings. The molecule has 0 bridgehead atoms. The molecule has 4 nitrogen and oxygen atoms in total. The third-order valence-corrected chi connectivity index (χ3v) is 2.89. The Bertz CT molecular complexity index is 691. The maximum absolute atomic E-state index is 13.5. The predicted octanol–water partition coefficient (Wildman–Crippen LogP) is 2.04. The number of nitrogens with zero attached hydrogens (tertiary/aromatic N) is 1. The van der Waals surface area contributed by atoms with Gasteiger partial charge in [-0.05, 0) is 24.6 Å². The summed E-state index contributed by atoms with van der Waals surface area (Å²) in [5.74, 6) is -1.70. The zero-order valence-corrected chi connectivity index (χ0v) is 10.3. The van der Waals surface area contributed by atoms with E-state index in [4.69, 9.17) is 5.11 Å². The van der Waals surface area contributed by atoms with Crippen LogP contribution in [0, 0.1) is 12.7 Å². The lowest BCUT2D eigenvalue weighted by molar-refractivity contribution is 0.0693. The summed E-state index contributed by atoms with van der Waals surface area (Å²) < 4.78 is 14.7. The molecule has 1 N–H and O–H groups in total. The number of rotatable bonds is 3. The fourth-order valence-electron chi connectivity index (χ4n) is 1.86. The highest BCUT2D eigenvalue weighted by Gasteiger charge is 2.14. The molecule has 1 aromatic heterocycles. The SMILES string of the molecule is Cc1ccn(Cc2ccccc2F)c(=O)c1C(=O)O. The summed E-state index contributed by atoms with van der Waals surface area (Å²) in [6.07, 6.45) is 1.47. The quantitative estimate of drug-likeness (QED) is 0.919. The Hall–Kier alpha value is -2.43. The molecule has 1 heterocycles. The van der Waals surface area contributed by atoms with Crippen LogP contribution in [0.1, 0.15) is 21.5 Å². The molecule has 5 heteroatoms. The summed E-state index contributed by atoms with van der Waals surface area (Å²) in [6, 6.07) is 7.61. The Morgan fingerprint density at radius 1 is 1.32 bits per heavy atom. The van der Waals surface area contributed by atoms with Crippen molar-refractivity contribution in [2.45, 2.75) is 13.5 Å². The van der Waals surface area contributed by atoms with Gasteiger partial charge in [-0.15, -0.1) is 0 Å². The second-order valence-corrected chi connectivity index (χ2v) is 4.20. The third-order valence-electron chi connectivity index (χ3n) is 2.89. The van der Waals surface area contributed by atoms with Gasteiger partial charge < -0.3 is 9.67 Å². The Morgan fingerprint density at radius 3 is 2.63 bits per heavy atom. The van der Waals surface area contributed by atoms with E-state index in [0.717, 1.165) is 0 Å². The second-order valence-electron chi connectivity index (χ2n) is 4.20. The molecule has 0 aliphatic heterocycles. The van der Waals surface area contributed by atoms with Crippen molar-refractivity contribution in [2.75, 3.05) is 0 Å². The van der Waals surface area contributed by atoms with Gasteiger partial charge in [0.25, 0.3) is 5.56 Å². The summed E-state index contributed by atoms with van der Waals surface area (Å²) in [5.41, 5.74) is -0.179. The van der Waals surface area contributed by atoms with E-state index in [-0.39, 0.29) is 12.1 Å². The van der Waals surface area contributed by atoms with Gasteiger partial charge in [-0.3, -0.25) is 4.79 Å². The van der Waals surface area contributed by atoms with E-state index in [0.29, 0.717) is 11.1 Å². The van der Waals surface area contributed by atoms with E-state index in [1.165, 1.54) is 22.9 Å². The Balaban J connectivity index is 2.48. The van der Waals surface area contributed by atoms with Crippen LogP contribution < -0.4 is 5.56 Å². The normalized spacial score (nSPS) is 10.4. The Kier molecular flexibility index (Phi) is 3.46. The van der Waals surface area contributed by atoms with Crippen LogP contribution in [0.3, 0.4) is 0 Å². The highest BCUT2D eigenvalue weighted by Crippen LogP contribution is 2.09. The van der Waals surface area contributed by atoms with Crippen molar-refractivity contribution in [3.8, 4) is 0 Å². The number of carboxylic acids is 1. The lowest BCUT2D eigenvalue weighted by Crippen LogP contribution is -2.27. The molecule has 19 heavy (non-hydrogen) atoms. The summed E-state index contributed by atoms with van der Waals surface area (Å²) in [4.78, 5) is 23.0. The zero-order chi connectivity index (χ0) is 14.0. The van der Waals surface area contributed by atoms with Crippen LogP contribution >= 0.6 is 0 Å². The van der Waals surface area contributed by atoms with Gasteiger partial charge in [-0.2, -0.15) is 0 Å². The third kappa shape index (κ3) is 2.54. The van der Waals surface area contributed by atoms with E-state index in [1.54, 1.807) is 25.1 Å². The van der Waals surface area contributed by atoms with Gasteiger partial charge in [-0.25, -0.2) is 9.18 Å². The number of hydrogen-bond acceptors (Lipinski definition) is 2. The van der Waals surface area contributed by atoms with Crippen molar-refractivity contribution >= 4 is 5.97 Å². The highest BCUT2D eigenvalue weighted by molar-refractivity contribution is 5.88. The minimum Gasteiger partial charge on any atom is -0.477 e. The minimum atomic E-state index is -1.27. The molecule has 0 unspecified atom stereocenters. The van der Waals surface area contributed by atoms with Crippen LogP contribution in [0.4, 0.5) is 4.39 Å². The molecule has 0 fully saturated rings. The molecule has 0 radical (unpaired) electrons. The van der Waals surface area contributed by atoms with E-state index in [9.17, 15) is 14.0 Å².